The molecule has 9 heteroatoms. The van der Waals surface area contributed by atoms with Crippen LogP contribution in [-0.2, 0) is 9.47 Å². The third-order valence-electron chi connectivity index (χ3n) is 5.84. The Morgan fingerprint density at radius 3 is 3.03 bits per heavy atom. The van der Waals surface area contributed by atoms with Crippen LogP contribution in [-0.4, -0.2) is 65.3 Å². The van der Waals surface area contributed by atoms with Crippen molar-refractivity contribution in [3.63, 3.8) is 0 Å². The number of rotatable bonds is 8. The maximum Gasteiger partial charge on any atom is 0.226 e. The lowest BCUT2D eigenvalue weighted by molar-refractivity contribution is 0.0270. The first kappa shape index (κ1) is 22.4. The van der Waals surface area contributed by atoms with Gasteiger partial charge < -0.3 is 24.5 Å². The van der Waals surface area contributed by atoms with E-state index < -0.39 is 5.82 Å². The van der Waals surface area contributed by atoms with Gasteiger partial charge in [-0.2, -0.15) is 4.98 Å². The van der Waals surface area contributed by atoms with Crippen LogP contribution in [0, 0.1) is 12.7 Å². The molecule has 2 aromatic heterocycles. The lowest BCUT2D eigenvalue weighted by Crippen LogP contribution is -2.38. The number of aromatic nitrogens is 3. The first-order chi connectivity index (χ1) is 16.6. The Bertz CT molecular complexity index is 1200. The van der Waals surface area contributed by atoms with E-state index in [9.17, 15) is 4.39 Å². The van der Waals surface area contributed by atoms with Crippen molar-refractivity contribution in [1.82, 2.24) is 19.9 Å². The molecule has 0 radical (unpaired) electrons. The lowest BCUT2D eigenvalue weighted by Gasteiger charge is -2.27. The third kappa shape index (κ3) is 5.37. The van der Waals surface area contributed by atoms with Gasteiger partial charge in [-0.05, 0) is 31.2 Å². The van der Waals surface area contributed by atoms with E-state index >= 15 is 0 Å². The minimum atomic E-state index is -0.422. The maximum atomic E-state index is 14.9. The molecule has 1 aliphatic heterocycles. The summed E-state index contributed by atoms with van der Waals surface area (Å²) in [4.78, 5) is 14.2. The number of anilines is 1. The molecule has 2 N–H and O–H groups in total. The summed E-state index contributed by atoms with van der Waals surface area (Å²) in [7, 11) is 0. The van der Waals surface area contributed by atoms with Crippen molar-refractivity contribution in [3.8, 4) is 11.6 Å². The van der Waals surface area contributed by atoms with Gasteiger partial charge in [0.1, 0.15) is 6.61 Å². The lowest BCUT2D eigenvalue weighted by atomic mass is 10.1. The number of aromatic amines is 1. The van der Waals surface area contributed by atoms with Crippen molar-refractivity contribution < 1.29 is 18.6 Å². The highest BCUT2D eigenvalue weighted by molar-refractivity contribution is 5.82. The van der Waals surface area contributed by atoms with Crippen LogP contribution in [0.15, 0.2) is 54.4 Å². The topological polar surface area (TPSA) is 84.5 Å². The molecular weight excluding hydrogens is 437 g/mol. The summed E-state index contributed by atoms with van der Waals surface area (Å²) in [5.41, 5.74) is 1.62. The Hall–Kier alpha value is -3.43. The van der Waals surface area contributed by atoms with Crippen LogP contribution in [0.5, 0.6) is 11.6 Å². The minimum Gasteiger partial charge on any atom is -0.497 e. The van der Waals surface area contributed by atoms with E-state index in [4.69, 9.17) is 14.2 Å². The van der Waals surface area contributed by atoms with Gasteiger partial charge in [0.25, 0.3) is 0 Å². The van der Waals surface area contributed by atoms with Gasteiger partial charge in [0.15, 0.2) is 11.6 Å². The van der Waals surface area contributed by atoms with Gasteiger partial charge in [-0.25, -0.2) is 9.37 Å². The molecule has 5 rings (SSSR count). The molecule has 0 bridgehead atoms. The number of aryl methyl sites for hydroxylation is 1. The Balaban J connectivity index is 1.17. The molecule has 1 fully saturated rings. The van der Waals surface area contributed by atoms with Gasteiger partial charge in [0.05, 0.1) is 25.0 Å². The molecule has 0 spiro atoms. The zero-order chi connectivity index (χ0) is 23.3. The summed E-state index contributed by atoms with van der Waals surface area (Å²) < 4.78 is 32.0. The third-order valence-corrected chi connectivity index (χ3v) is 5.84. The van der Waals surface area contributed by atoms with E-state index in [1.165, 1.54) is 0 Å². The molecule has 178 valence electrons. The quantitative estimate of drug-likeness (QED) is 0.517. The molecule has 1 aromatic carbocycles. The normalized spacial score (nSPS) is 18.6. The average molecular weight is 466 g/mol. The summed E-state index contributed by atoms with van der Waals surface area (Å²) in [5, 5.41) is 3.78. The fourth-order valence-corrected chi connectivity index (χ4v) is 4.10. The molecule has 3 heterocycles. The monoisotopic (exact) mass is 465 g/mol. The Kier molecular flexibility index (Phi) is 6.73. The molecular formula is C25H28FN5O3. The van der Waals surface area contributed by atoms with Gasteiger partial charge in [-0.1, -0.05) is 12.2 Å². The Labute approximate surface area is 197 Å². The molecule has 0 amide bonds. The number of fused-ring (bicyclic) bond motifs is 1. The number of benzene rings is 1. The van der Waals surface area contributed by atoms with Crippen molar-refractivity contribution in [2.75, 3.05) is 44.8 Å². The number of morpholine rings is 1. The highest BCUT2D eigenvalue weighted by Gasteiger charge is 2.16. The second-order valence-corrected chi connectivity index (χ2v) is 8.39. The summed E-state index contributed by atoms with van der Waals surface area (Å²) in [6.45, 7) is 6.88. The predicted octanol–water partition coefficient (Wildman–Crippen LogP) is 4.17. The summed E-state index contributed by atoms with van der Waals surface area (Å²) in [6, 6.07) is 6.73. The molecule has 3 aromatic rings. The second-order valence-electron chi connectivity index (χ2n) is 8.39. The minimum absolute atomic E-state index is 0.0189. The number of hydrogen-bond acceptors (Lipinski definition) is 7. The number of nitrogens with one attached hydrogen (secondary N) is 2. The number of halogens is 1. The van der Waals surface area contributed by atoms with E-state index in [-0.39, 0.29) is 17.7 Å². The average Bonchev–Trinajstić information content (AvgIpc) is 3.23. The maximum absolute atomic E-state index is 14.9. The zero-order valence-electron chi connectivity index (χ0n) is 19.1. The van der Waals surface area contributed by atoms with Crippen LogP contribution in [0.2, 0.25) is 0 Å². The molecule has 2 aliphatic rings. The first-order valence-electron chi connectivity index (χ1n) is 11.5. The van der Waals surface area contributed by atoms with Crippen molar-refractivity contribution in [1.29, 1.82) is 0 Å². The Morgan fingerprint density at radius 1 is 1.26 bits per heavy atom. The highest BCUT2D eigenvalue weighted by Crippen LogP contribution is 2.30. The van der Waals surface area contributed by atoms with Crippen LogP contribution in [0.3, 0.4) is 0 Å². The van der Waals surface area contributed by atoms with Crippen molar-refractivity contribution in [3.05, 3.63) is 66.0 Å². The molecule has 0 saturated carbocycles. The molecule has 1 atom stereocenters. The largest absolute Gasteiger partial charge is 0.497 e. The summed E-state index contributed by atoms with van der Waals surface area (Å²) in [6.07, 6.45) is 8.26. The van der Waals surface area contributed by atoms with E-state index in [0.717, 1.165) is 49.8 Å². The molecule has 1 unspecified atom stereocenters. The van der Waals surface area contributed by atoms with Crippen LogP contribution in [0.1, 0.15) is 12.1 Å². The molecule has 34 heavy (non-hydrogen) atoms. The van der Waals surface area contributed by atoms with Crippen molar-refractivity contribution in [2.45, 2.75) is 19.4 Å². The van der Waals surface area contributed by atoms with Gasteiger partial charge >= 0.3 is 0 Å². The molecule has 1 saturated heterocycles. The molecule has 8 nitrogen and oxygen atoms in total. The number of nitrogens with zero attached hydrogens (tertiary/aromatic N) is 3. The second kappa shape index (κ2) is 10.2. The number of ether oxygens (including phenoxy) is 3. The van der Waals surface area contributed by atoms with E-state index in [1.807, 2.05) is 25.2 Å². The van der Waals surface area contributed by atoms with Crippen LogP contribution >= 0.6 is 0 Å². The van der Waals surface area contributed by atoms with Crippen LogP contribution in [0.25, 0.3) is 10.9 Å². The van der Waals surface area contributed by atoms with Crippen LogP contribution < -0.4 is 10.1 Å². The molecule has 1 aliphatic carbocycles. The van der Waals surface area contributed by atoms with E-state index in [1.54, 1.807) is 30.5 Å². The zero-order valence-corrected chi connectivity index (χ0v) is 19.1. The number of allylic oxidation sites excluding steroid dienone is 2. The van der Waals surface area contributed by atoms with Crippen molar-refractivity contribution >= 4 is 16.9 Å². The Morgan fingerprint density at radius 2 is 2.15 bits per heavy atom. The number of hydrogen-bond donors (Lipinski definition) is 2. The van der Waals surface area contributed by atoms with E-state index in [0.29, 0.717) is 24.4 Å². The SMILES string of the molecule is Cc1cc2c(F)c(Oc3ccnc(NC4C=CC=C(OCCN5CCOCC5)C4)n3)ccc2[nH]1. The smallest absolute Gasteiger partial charge is 0.226 e. The summed E-state index contributed by atoms with van der Waals surface area (Å²) >= 11 is 0. The number of H-pyrrole nitrogens is 1. The fraction of sp³-hybridized carbons (Fsp3) is 0.360. The van der Waals surface area contributed by atoms with Crippen molar-refractivity contribution in [2.24, 2.45) is 0 Å². The van der Waals surface area contributed by atoms with Gasteiger partial charge in [-0.3, -0.25) is 4.90 Å². The van der Waals surface area contributed by atoms with Gasteiger partial charge in [0, 0.05) is 54.9 Å². The van der Waals surface area contributed by atoms with Gasteiger partial charge in [-0.15, -0.1) is 0 Å². The first-order valence-corrected chi connectivity index (χ1v) is 11.5. The highest BCUT2D eigenvalue weighted by atomic mass is 19.1. The van der Waals surface area contributed by atoms with E-state index in [2.05, 4.69) is 25.2 Å². The predicted molar refractivity (Wildman–Crippen MR) is 128 cm³/mol. The van der Waals surface area contributed by atoms with Crippen LogP contribution in [0.4, 0.5) is 10.3 Å². The summed E-state index contributed by atoms with van der Waals surface area (Å²) in [5.74, 6) is 1.28. The fourth-order valence-electron chi connectivity index (χ4n) is 4.10. The van der Waals surface area contributed by atoms with Gasteiger partial charge in [0.2, 0.25) is 11.8 Å². The standard InChI is InChI=1S/C25H28FN5O3/c1-17-15-20-21(28-17)5-6-22(24(20)26)34-23-7-8-27-25(30-23)29-18-3-2-4-19(16-18)33-14-11-31-9-12-32-13-10-31/h2-8,15,18,28H,9-14,16H2,1H3,(H,27,29,30).